The van der Waals surface area contributed by atoms with Crippen LogP contribution in [0.4, 0.5) is 17.5 Å². The summed E-state index contributed by atoms with van der Waals surface area (Å²) >= 11 is 6.17. The van der Waals surface area contributed by atoms with Crippen molar-refractivity contribution in [3.05, 3.63) is 35.5 Å². The molecule has 3 rings (SSSR count). The molecular formula is C16H20ClN5. The number of anilines is 3. The second-order valence-electron chi connectivity index (χ2n) is 5.50. The third-order valence-electron chi connectivity index (χ3n) is 4.04. The number of hydrogen-bond acceptors (Lipinski definition) is 5. The molecule has 1 saturated heterocycles. The molecule has 0 amide bonds. The Morgan fingerprint density at radius 2 is 2.18 bits per heavy atom. The molecule has 0 bridgehead atoms. The minimum atomic E-state index is 0.506. The monoisotopic (exact) mass is 317 g/mol. The van der Waals surface area contributed by atoms with Crippen LogP contribution in [0.1, 0.15) is 32.6 Å². The zero-order valence-corrected chi connectivity index (χ0v) is 13.4. The number of benzene rings is 1. The lowest BCUT2D eigenvalue weighted by atomic mass is 10.0. The average molecular weight is 318 g/mol. The Bertz CT molecular complexity index is 633. The van der Waals surface area contributed by atoms with Gasteiger partial charge in [0.1, 0.15) is 0 Å². The van der Waals surface area contributed by atoms with Gasteiger partial charge in [-0.2, -0.15) is 10.1 Å². The molecule has 0 radical (unpaired) electrons. The third-order valence-corrected chi connectivity index (χ3v) is 4.37. The highest BCUT2D eigenvalue weighted by molar-refractivity contribution is 6.33. The first kappa shape index (κ1) is 15.0. The fourth-order valence-electron chi connectivity index (χ4n) is 2.86. The van der Waals surface area contributed by atoms with Crippen LogP contribution in [0.3, 0.4) is 0 Å². The molecule has 22 heavy (non-hydrogen) atoms. The van der Waals surface area contributed by atoms with E-state index in [1.54, 1.807) is 6.20 Å². The molecule has 1 aromatic carbocycles. The minimum Gasteiger partial charge on any atom is -0.338 e. The van der Waals surface area contributed by atoms with Gasteiger partial charge >= 0.3 is 0 Å². The average Bonchev–Trinajstić information content (AvgIpc) is 2.57. The number of para-hydroxylation sites is 1. The van der Waals surface area contributed by atoms with E-state index in [2.05, 4.69) is 32.3 Å². The maximum atomic E-state index is 6.17. The van der Waals surface area contributed by atoms with Crippen molar-refractivity contribution in [3.63, 3.8) is 0 Å². The number of nitrogens with one attached hydrogen (secondary N) is 1. The summed E-state index contributed by atoms with van der Waals surface area (Å²) in [6.07, 6.45) is 6.38. The summed E-state index contributed by atoms with van der Waals surface area (Å²) in [7, 11) is 0. The van der Waals surface area contributed by atoms with Crippen molar-refractivity contribution in [1.82, 2.24) is 15.2 Å². The Morgan fingerprint density at radius 1 is 1.32 bits per heavy atom. The van der Waals surface area contributed by atoms with Gasteiger partial charge < -0.3 is 10.2 Å². The molecule has 2 heterocycles. The van der Waals surface area contributed by atoms with E-state index in [0.29, 0.717) is 22.8 Å². The summed E-state index contributed by atoms with van der Waals surface area (Å²) < 4.78 is 0. The van der Waals surface area contributed by atoms with E-state index in [0.717, 1.165) is 18.7 Å². The zero-order chi connectivity index (χ0) is 15.4. The summed E-state index contributed by atoms with van der Waals surface area (Å²) in [5.41, 5.74) is 0.821. The number of nitrogens with zero attached hydrogens (tertiary/aromatic N) is 4. The summed E-state index contributed by atoms with van der Waals surface area (Å²) in [4.78, 5) is 6.89. The molecule has 1 aromatic heterocycles. The molecular weight excluding hydrogens is 298 g/mol. The van der Waals surface area contributed by atoms with Gasteiger partial charge in [-0.15, -0.1) is 5.10 Å². The Hall–Kier alpha value is -1.88. The molecule has 1 aliphatic heterocycles. The van der Waals surface area contributed by atoms with Crippen LogP contribution < -0.4 is 10.2 Å². The first-order valence-corrected chi connectivity index (χ1v) is 8.13. The van der Waals surface area contributed by atoms with Gasteiger partial charge in [0.05, 0.1) is 16.9 Å². The second-order valence-corrected chi connectivity index (χ2v) is 5.90. The van der Waals surface area contributed by atoms with Crippen LogP contribution in [0.5, 0.6) is 0 Å². The lowest BCUT2D eigenvalue weighted by Crippen LogP contribution is -2.40. The number of halogens is 1. The van der Waals surface area contributed by atoms with E-state index in [1.165, 1.54) is 19.3 Å². The first-order valence-electron chi connectivity index (χ1n) is 7.76. The molecule has 1 aliphatic rings. The molecule has 1 fully saturated rings. The van der Waals surface area contributed by atoms with Crippen LogP contribution in [0.25, 0.3) is 0 Å². The molecule has 1 atom stereocenters. The van der Waals surface area contributed by atoms with Crippen LogP contribution in [-0.2, 0) is 0 Å². The molecule has 1 N–H and O–H groups in total. The highest BCUT2D eigenvalue weighted by Crippen LogP contribution is 2.26. The smallest absolute Gasteiger partial charge is 0.247 e. The van der Waals surface area contributed by atoms with Crippen molar-refractivity contribution in [2.24, 2.45) is 0 Å². The molecule has 5 nitrogen and oxygen atoms in total. The maximum absolute atomic E-state index is 6.17. The number of hydrogen-bond donors (Lipinski definition) is 1. The highest BCUT2D eigenvalue weighted by Gasteiger charge is 2.23. The highest BCUT2D eigenvalue weighted by atomic mass is 35.5. The Morgan fingerprint density at radius 3 is 3.00 bits per heavy atom. The van der Waals surface area contributed by atoms with Crippen LogP contribution in [-0.4, -0.2) is 27.8 Å². The van der Waals surface area contributed by atoms with E-state index >= 15 is 0 Å². The summed E-state index contributed by atoms with van der Waals surface area (Å²) in [6.45, 7) is 3.21. The van der Waals surface area contributed by atoms with Gasteiger partial charge in [-0.1, -0.05) is 30.7 Å². The zero-order valence-electron chi connectivity index (χ0n) is 12.7. The van der Waals surface area contributed by atoms with Gasteiger partial charge in [0.2, 0.25) is 5.95 Å². The summed E-state index contributed by atoms with van der Waals surface area (Å²) in [5.74, 6) is 1.36. The predicted octanol–water partition coefficient (Wildman–Crippen LogP) is 4.04. The topological polar surface area (TPSA) is 53.9 Å². The van der Waals surface area contributed by atoms with Gasteiger partial charge in [-0.25, -0.2) is 0 Å². The molecule has 1 unspecified atom stereocenters. The van der Waals surface area contributed by atoms with Crippen molar-refractivity contribution in [1.29, 1.82) is 0 Å². The molecule has 0 aliphatic carbocycles. The Labute approximate surface area is 135 Å². The van der Waals surface area contributed by atoms with Crippen LogP contribution in [0.15, 0.2) is 30.5 Å². The van der Waals surface area contributed by atoms with Gasteiger partial charge in [-0.05, 0) is 37.8 Å². The van der Waals surface area contributed by atoms with Gasteiger partial charge in [0.15, 0.2) is 5.82 Å². The summed E-state index contributed by atoms with van der Waals surface area (Å²) in [5, 5.41) is 12.2. The largest absolute Gasteiger partial charge is 0.338 e. The molecule has 2 aromatic rings. The van der Waals surface area contributed by atoms with Crippen molar-refractivity contribution >= 4 is 29.1 Å². The van der Waals surface area contributed by atoms with Gasteiger partial charge in [0, 0.05) is 12.6 Å². The third kappa shape index (κ3) is 3.30. The van der Waals surface area contributed by atoms with Gasteiger partial charge in [0.25, 0.3) is 0 Å². The number of aromatic nitrogens is 3. The fourth-order valence-corrected chi connectivity index (χ4v) is 3.05. The van der Waals surface area contributed by atoms with E-state index in [1.807, 2.05) is 24.3 Å². The molecule has 116 valence electrons. The standard InChI is InChI=1S/C16H20ClN5/c1-2-12-7-5-6-10-22(12)16-20-15(11-18-21-16)19-14-9-4-3-8-13(14)17/h3-4,8-9,11-12H,2,5-7,10H2,1H3,(H,19,20,21). The molecule has 0 spiro atoms. The second kappa shape index (κ2) is 6.92. The van der Waals surface area contributed by atoms with Crippen molar-refractivity contribution < 1.29 is 0 Å². The van der Waals surface area contributed by atoms with Crippen molar-refractivity contribution in [3.8, 4) is 0 Å². The van der Waals surface area contributed by atoms with E-state index in [-0.39, 0.29) is 0 Å². The van der Waals surface area contributed by atoms with Gasteiger partial charge in [-0.3, -0.25) is 0 Å². The normalized spacial score (nSPS) is 18.3. The fraction of sp³-hybridized carbons (Fsp3) is 0.438. The SMILES string of the molecule is CCC1CCCCN1c1nncc(Nc2ccccc2Cl)n1. The van der Waals surface area contributed by atoms with Crippen molar-refractivity contribution in [2.45, 2.75) is 38.6 Å². The van der Waals surface area contributed by atoms with Crippen LogP contribution >= 0.6 is 11.6 Å². The lowest BCUT2D eigenvalue weighted by molar-refractivity contribution is 0.442. The summed E-state index contributed by atoms with van der Waals surface area (Å²) in [6, 6.07) is 8.10. The number of piperidine rings is 1. The minimum absolute atomic E-state index is 0.506. The molecule has 6 heteroatoms. The molecule has 0 saturated carbocycles. The first-order chi connectivity index (χ1) is 10.8. The predicted molar refractivity (Wildman–Crippen MR) is 89.8 cm³/mol. The van der Waals surface area contributed by atoms with Crippen molar-refractivity contribution in [2.75, 3.05) is 16.8 Å². The maximum Gasteiger partial charge on any atom is 0.247 e. The van der Waals surface area contributed by atoms with E-state index in [9.17, 15) is 0 Å². The van der Waals surface area contributed by atoms with E-state index in [4.69, 9.17) is 11.6 Å². The quantitative estimate of drug-likeness (QED) is 0.922. The van der Waals surface area contributed by atoms with Crippen LogP contribution in [0, 0.1) is 0 Å². The van der Waals surface area contributed by atoms with E-state index < -0.39 is 0 Å². The Balaban J connectivity index is 1.82. The number of rotatable bonds is 4. The lowest BCUT2D eigenvalue weighted by Gasteiger charge is -2.34. The van der Waals surface area contributed by atoms with Crippen LogP contribution in [0.2, 0.25) is 5.02 Å². The Kier molecular flexibility index (Phi) is 4.73.